The summed E-state index contributed by atoms with van der Waals surface area (Å²) in [5.74, 6) is -3.98. The Morgan fingerprint density at radius 1 is 1.14 bits per heavy atom. The number of benzene rings is 1. The fourth-order valence-electron chi connectivity index (χ4n) is 3.22. The number of aliphatic hydroxyl groups is 1. The molecule has 1 aliphatic heterocycles. The number of nitrogens with zero attached hydrogens (tertiary/aromatic N) is 4. The van der Waals surface area contributed by atoms with Crippen LogP contribution in [-0.2, 0) is 6.18 Å². The number of anilines is 1. The summed E-state index contributed by atoms with van der Waals surface area (Å²) >= 11 is 0. The van der Waals surface area contributed by atoms with E-state index >= 15 is 0 Å². The average Bonchev–Trinajstić information content (AvgIpc) is 2.93. The third-order valence-corrected chi connectivity index (χ3v) is 4.68. The van der Waals surface area contributed by atoms with Gasteiger partial charge in [0.2, 0.25) is 0 Å². The van der Waals surface area contributed by atoms with Gasteiger partial charge in [-0.15, -0.1) is 10.2 Å². The van der Waals surface area contributed by atoms with Gasteiger partial charge in [-0.2, -0.15) is 13.2 Å². The number of fused-ring (bicyclic) bond motifs is 1. The molecule has 0 bridgehead atoms. The highest BCUT2D eigenvalue weighted by Gasteiger charge is 2.48. The molecule has 1 unspecified atom stereocenters. The molecular weight excluding hydrogens is 399 g/mol. The zero-order valence-corrected chi connectivity index (χ0v) is 14.5. The molecule has 11 heteroatoms. The molecule has 0 spiro atoms. The predicted molar refractivity (Wildman–Crippen MR) is 92.6 cm³/mol. The van der Waals surface area contributed by atoms with Crippen LogP contribution >= 0.6 is 0 Å². The van der Waals surface area contributed by atoms with Gasteiger partial charge in [0.05, 0.1) is 18.7 Å². The maximum Gasteiger partial charge on any atom is 0.416 e. The molecule has 152 valence electrons. The zero-order valence-electron chi connectivity index (χ0n) is 14.5. The van der Waals surface area contributed by atoms with Crippen molar-refractivity contribution in [3.8, 4) is 17.0 Å². The van der Waals surface area contributed by atoms with E-state index in [9.17, 15) is 32.2 Å². The Hall–Kier alpha value is -3.08. The molecule has 1 fully saturated rings. The smallest absolute Gasteiger partial charge is 0.416 e. The van der Waals surface area contributed by atoms with Gasteiger partial charge in [0.25, 0.3) is 5.92 Å². The number of aromatic hydroxyl groups is 1. The second-order valence-electron chi connectivity index (χ2n) is 6.66. The van der Waals surface area contributed by atoms with E-state index in [2.05, 4.69) is 15.2 Å². The number of β-amino-alcohol motifs (C(OH)–C–C–N with tert-alkyl or cyclic N) is 1. The first-order valence-corrected chi connectivity index (χ1v) is 8.41. The summed E-state index contributed by atoms with van der Waals surface area (Å²) in [5, 5.41) is 27.8. The summed E-state index contributed by atoms with van der Waals surface area (Å²) < 4.78 is 66.0. The van der Waals surface area contributed by atoms with E-state index in [0.29, 0.717) is 11.5 Å². The Kier molecular flexibility index (Phi) is 4.30. The highest BCUT2D eigenvalue weighted by Crippen LogP contribution is 2.39. The molecule has 0 aliphatic carbocycles. The summed E-state index contributed by atoms with van der Waals surface area (Å²) in [6.45, 7) is -1.16. The lowest BCUT2D eigenvalue weighted by molar-refractivity contribution is -0.137. The van der Waals surface area contributed by atoms with Gasteiger partial charge in [-0.05, 0) is 30.3 Å². The number of aliphatic hydroxyl groups excluding tert-OH is 1. The Bertz CT molecular complexity index is 1090. The monoisotopic (exact) mass is 412 g/mol. The Labute approximate surface area is 160 Å². The fourth-order valence-corrected chi connectivity index (χ4v) is 3.22. The number of pyridine rings is 1. The lowest BCUT2D eigenvalue weighted by Crippen LogP contribution is -2.31. The van der Waals surface area contributed by atoms with Gasteiger partial charge in [-0.1, -0.05) is 0 Å². The van der Waals surface area contributed by atoms with Crippen molar-refractivity contribution in [1.82, 2.24) is 15.2 Å². The van der Waals surface area contributed by atoms with Crippen LogP contribution < -0.4 is 4.90 Å². The standard InChI is InChI=1S/C18H13F5N4O2/c19-17(20)8-27(7-13(17)29)16-15-11(2-1-5-24-15)14(25-26-16)10-4-3-9(6-12(10)28)18(21,22)23/h1-6,13,28-29H,7-8H2. The number of aromatic nitrogens is 3. The van der Waals surface area contributed by atoms with Crippen molar-refractivity contribution in [2.45, 2.75) is 18.2 Å². The summed E-state index contributed by atoms with van der Waals surface area (Å²) in [6, 6.07) is 5.50. The van der Waals surface area contributed by atoms with Crippen LogP contribution in [0.1, 0.15) is 5.56 Å². The first kappa shape index (κ1) is 19.2. The molecular formula is C18H13F5N4O2. The summed E-state index contributed by atoms with van der Waals surface area (Å²) in [4.78, 5) is 5.28. The van der Waals surface area contributed by atoms with E-state index in [1.165, 1.54) is 18.3 Å². The van der Waals surface area contributed by atoms with Gasteiger partial charge in [-0.3, -0.25) is 4.98 Å². The third-order valence-electron chi connectivity index (χ3n) is 4.68. The van der Waals surface area contributed by atoms with Crippen molar-refractivity contribution in [2.24, 2.45) is 0 Å². The SMILES string of the molecule is Oc1cc(C(F)(F)F)ccc1-c1nnc(N2CC(O)C(F)(F)C2)c2ncccc12. The first-order valence-electron chi connectivity index (χ1n) is 8.41. The van der Waals surface area contributed by atoms with E-state index in [1.54, 1.807) is 0 Å². The highest BCUT2D eigenvalue weighted by atomic mass is 19.4. The lowest BCUT2D eigenvalue weighted by Gasteiger charge is -2.18. The number of hydrogen-bond donors (Lipinski definition) is 2. The number of halogens is 5. The topological polar surface area (TPSA) is 82.4 Å². The summed E-state index contributed by atoms with van der Waals surface area (Å²) in [5.41, 5.74) is -0.822. The Balaban J connectivity index is 1.83. The van der Waals surface area contributed by atoms with E-state index < -0.39 is 36.1 Å². The molecule has 1 saturated heterocycles. The molecule has 0 amide bonds. The number of phenols is 1. The predicted octanol–water partition coefficient (Wildman–Crippen LogP) is 3.23. The van der Waals surface area contributed by atoms with Gasteiger partial charge >= 0.3 is 6.18 Å². The van der Waals surface area contributed by atoms with Gasteiger partial charge in [-0.25, -0.2) is 8.78 Å². The largest absolute Gasteiger partial charge is 0.507 e. The maximum atomic E-state index is 13.7. The van der Waals surface area contributed by atoms with Crippen LogP contribution in [0.25, 0.3) is 22.2 Å². The molecule has 3 aromatic rings. The quantitative estimate of drug-likeness (QED) is 0.629. The number of alkyl halides is 5. The maximum absolute atomic E-state index is 13.7. The molecule has 2 N–H and O–H groups in total. The van der Waals surface area contributed by atoms with Gasteiger partial charge < -0.3 is 15.1 Å². The zero-order chi connectivity index (χ0) is 21.0. The van der Waals surface area contributed by atoms with Gasteiger partial charge in [0.1, 0.15) is 23.1 Å². The van der Waals surface area contributed by atoms with E-state index in [1.807, 2.05) is 0 Å². The van der Waals surface area contributed by atoms with E-state index in [4.69, 9.17) is 0 Å². The van der Waals surface area contributed by atoms with Crippen LogP contribution in [0.4, 0.5) is 27.8 Å². The third kappa shape index (κ3) is 3.31. The van der Waals surface area contributed by atoms with Crippen LogP contribution in [0.5, 0.6) is 5.75 Å². The van der Waals surface area contributed by atoms with Crippen LogP contribution in [0.3, 0.4) is 0 Å². The summed E-state index contributed by atoms with van der Waals surface area (Å²) in [7, 11) is 0. The second-order valence-corrected chi connectivity index (χ2v) is 6.66. The van der Waals surface area contributed by atoms with Crippen molar-refractivity contribution in [2.75, 3.05) is 18.0 Å². The lowest BCUT2D eigenvalue weighted by atomic mass is 10.0. The number of rotatable bonds is 2. The van der Waals surface area contributed by atoms with Crippen LogP contribution in [-0.4, -0.2) is 50.5 Å². The van der Waals surface area contributed by atoms with E-state index in [0.717, 1.165) is 17.0 Å². The van der Waals surface area contributed by atoms with Crippen LogP contribution in [0, 0.1) is 0 Å². The molecule has 29 heavy (non-hydrogen) atoms. The van der Waals surface area contributed by atoms with Crippen molar-refractivity contribution in [1.29, 1.82) is 0 Å². The Morgan fingerprint density at radius 3 is 2.52 bits per heavy atom. The molecule has 3 heterocycles. The molecule has 1 aromatic carbocycles. The van der Waals surface area contributed by atoms with Crippen LogP contribution in [0.15, 0.2) is 36.5 Å². The molecule has 1 atom stereocenters. The normalized spacial score (nSPS) is 19.1. The minimum Gasteiger partial charge on any atom is -0.507 e. The average molecular weight is 412 g/mol. The minimum atomic E-state index is -4.63. The summed E-state index contributed by atoms with van der Waals surface area (Å²) in [6.07, 6.45) is -5.10. The van der Waals surface area contributed by atoms with Gasteiger partial charge in [0.15, 0.2) is 5.82 Å². The molecule has 1 aliphatic rings. The molecule has 0 radical (unpaired) electrons. The van der Waals surface area contributed by atoms with Crippen molar-refractivity contribution >= 4 is 16.7 Å². The highest BCUT2D eigenvalue weighted by molar-refractivity contribution is 5.98. The van der Waals surface area contributed by atoms with Crippen molar-refractivity contribution in [3.63, 3.8) is 0 Å². The number of hydrogen-bond acceptors (Lipinski definition) is 6. The van der Waals surface area contributed by atoms with Crippen LogP contribution in [0.2, 0.25) is 0 Å². The second kappa shape index (κ2) is 6.48. The minimum absolute atomic E-state index is 0.00646. The molecule has 0 saturated carbocycles. The number of phenolic OH excluding ortho intramolecular Hbond substituents is 1. The molecule has 6 nitrogen and oxygen atoms in total. The molecule has 4 rings (SSSR count). The van der Waals surface area contributed by atoms with Gasteiger partial charge in [0, 0.05) is 17.1 Å². The first-order chi connectivity index (χ1) is 13.6. The van der Waals surface area contributed by atoms with Crippen molar-refractivity contribution < 1.29 is 32.2 Å². The Morgan fingerprint density at radius 2 is 1.90 bits per heavy atom. The fraction of sp³-hybridized carbons (Fsp3) is 0.278. The van der Waals surface area contributed by atoms with E-state index in [-0.39, 0.29) is 29.1 Å². The van der Waals surface area contributed by atoms with Crippen molar-refractivity contribution in [3.05, 3.63) is 42.1 Å². The molecule has 2 aromatic heterocycles.